The van der Waals surface area contributed by atoms with Crippen LogP contribution in [0.3, 0.4) is 0 Å². The van der Waals surface area contributed by atoms with Crippen molar-refractivity contribution < 1.29 is 4.79 Å². The average Bonchev–Trinajstić information content (AvgIpc) is 3.39. The predicted molar refractivity (Wildman–Crippen MR) is 157 cm³/mol. The minimum Gasteiger partial charge on any atom is -0.352 e. The number of carbonyl (C=O) groups excluding carboxylic acids is 1. The number of para-hydroxylation sites is 2. The summed E-state index contributed by atoms with van der Waals surface area (Å²) in [6.45, 7) is 9.12. The second-order valence-electron chi connectivity index (χ2n) is 9.89. The van der Waals surface area contributed by atoms with Crippen LogP contribution in [0.1, 0.15) is 52.3 Å². The van der Waals surface area contributed by atoms with Gasteiger partial charge >= 0.3 is 0 Å². The first-order valence-electron chi connectivity index (χ1n) is 12.9. The van der Waals surface area contributed by atoms with Gasteiger partial charge < -0.3 is 20.1 Å². The van der Waals surface area contributed by atoms with Gasteiger partial charge in [0.1, 0.15) is 0 Å². The number of aromatic nitrogens is 2. The van der Waals surface area contributed by atoms with Gasteiger partial charge in [0.25, 0.3) is 0 Å². The number of anilines is 1. The van der Waals surface area contributed by atoms with E-state index in [9.17, 15) is 4.79 Å². The summed E-state index contributed by atoms with van der Waals surface area (Å²) in [5, 5.41) is 7.14. The van der Waals surface area contributed by atoms with Crippen LogP contribution in [-0.4, -0.2) is 32.0 Å². The van der Waals surface area contributed by atoms with E-state index in [1.54, 1.807) is 0 Å². The summed E-state index contributed by atoms with van der Waals surface area (Å²) in [4.78, 5) is 19.7. The molecule has 0 aliphatic carbocycles. The first-order chi connectivity index (χ1) is 18.3. The number of hydrogen-bond acceptors (Lipinski definition) is 3. The number of pyridine rings is 1. The molecule has 38 heavy (non-hydrogen) atoms. The second kappa shape index (κ2) is 10.8. The number of nitrogens with one attached hydrogen (secondary N) is 2. The van der Waals surface area contributed by atoms with Gasteiger partial charge in [-0.2, -0.15) is 0 Å². The van der Waals surface area contributed by atoms with Gasteiger partial charge in [0.2, 0.25) is 5.91 Å². The minimum atomic E-state index is -0.132. The standard InChI is InChI=1S/C31H33N5OS/c1-20-11-10-12-21(2)29(20)36-22(3)19-25(23(36)4)30-28(26-15-8-9-17-32-26)34-31(38)35(30)18-16-27(37)33-24-13-6-5-7-14-24/h5-15,17,19,28,30H,16,18H2,1-4H3,(H,33,37)(H,34,38)/t28-,30+/m1/s1. The number of benzene rings is 2. The number of aryl methyl sites for hydroxylation is 3. The summed E-state index contributed by atoms with van der Waals surface area (Å²) in [7, 11) is 0. The zero-order chi connectivity index (χ0) is 26.8. The zero-order valence-electron chi connectivity index (χ0n) is 22.2. The number of thiocarbonyl (C=S) groups is 1. The molecule has 1 fully saturated rings. The number of carbonyl (C=O) groups is 1. The van der Waals surface area contributed by atoms with Crippen LogP contribution in [0.5, 0.6) is 0 Å². The molecular weight excluding hydrogens is 490 g/mol. The highest BCUT2D eigenvalue weighted by atomic mass is 32.1. The van der Waals surface area contributed by atoms with Crippen molar-refractivity contribution in [3.05, 3.63) is 113 Å². The van der Waals surface area contributed by atoms with E-state index in [1.165, 1.54) is 22.4 Å². The lowest BCUT2D eigenvalue weighted by molar-refractivity contribution is -0.116. The van der Waals surface area contributed by atoms with Crippen LogP contribution in [0.25, 0.3) is 5.69 Å². The quantitative estimate of drug-likeness (QED) is 0.286. The third-order valence-corrected chi connectivity index (χ3v) is 7.64. The van der Waals surface area contributed by atoms with Gasteiger partial charge in [-0.25, -0.2) is 0 Å². The molecule has 1 amide bonds. The summed E-state index contributed by atoms with van der Waals surface area (Å²) < 4.78 is 2.34. The monoisotopic (exact) mass is 523 g/mol. The Morgan fingerprint density at radius 1 is 0.974 bits per heavy atom. The molecule has 2 aromatic carbocycles. The lowest BCUT2D eigenvalue weighted by atomic mass is 9.96. The summed E-state index contributed by atoms with van der Waals surface area (Å²) in [5.74, 6) is -0.0416. The van der Waals surface area contributed by atoms with Gasteiger partial charge in [0.15, 0.2) is 5.11 Å². The van der Waals surface area contributed by atoms with Gasteiger partial charge in [-0.3, -0.25) is 9.78 Å². The van der Waals surface area contributed by atoms with Crippen molar-refractivity contribution in [1.82, 2.24) is 19.8 Å². The fourth-order valence-corrected chi connectivity index (χ4v) is 5.87. The van der Waals surface area contributed by atoms with E-state index in [0.29, 0.717) is 18.1 Å². The summed E-state index contributed by atoms with van der Waals surface area (Å²) in [5.41, 5.74) is 8.89. The maximum atomic E-state index is 12.8. The van der Waals surface area contributed by atoms with Gasteiger partial charge in [-0.05, 0) is 86.9 Å². The normalized spacial score (nSPS) is 16.9. The van der Waals surface area contributed by atoms with Crippen molar-refractivity contribution in [2.24, 2.45) is 0 Å². The molecule has 2 atom stereocenters. The third kappa shape index (κ3) is 4.94. The molecule has 7 heteroatoms. The van der Waals surface area contributed by atoms with Gasteiger partial charge in [-0.1, -0.05) is 42.5 Å². The SMILES string of the molecule is Cc1cccc(C)c1-n1c(C)cc([C@H]2[C@@H](c3ccccn3)NC(=S)N2CCC(=O)Nc2ccccc2)c1C. The van der Waals surface area contributed by atoms with Crippen molar-refractivity contribution in [3.8, 4) is 5.69 Å². The van der Waals surface area contributed by atoms with Crippen molar-refractivity contribution in [1.29, 1.82) is 0 Å². The highest BCUT2D eigenvalue weighted by molar-refractivity contribution is 7.80. The average molecular weight is 524 g/mol. The number of hydrogen-bond donors (Lipinski definition) is 2. The largest absolute Gasteiger partial charge is 0.352 e. The molecule has 6 nitrogen and oxygen atoms in total. The van der Waals surface area contributed by atoms with E-state index in [2.05, 4.69) is 77.0 Å². The van der Waals surface area contributed by atoms with E-state index in [0.717, 1.165) is 22.8 Å². The van der Waals surface area contributed by atoms with Crippen LogP contribution in [0.4, 0.5) is 5.69 Å². The third-order valence-electron chi connectivity index (χ3n) is 7.29. The van der Waals surface area contributed by atoms with Gasteiger partial charge in [0, 0.05) is 36.2 Å². The molecule has 1 aliphatic heterocycles. The van der Waals surface area contributed by atoms with Gasteiger partial charge in [0.05, 0.1) is 23.5 Å². The Balaban J connectivity index is 1.51. The molecule has 0 saturated carbocycles. The van der Waals surface area contributed by atoms with Crippen LogP contribution >= 0.6 is 12.2 Å². The highest BCUT2D eigenvalue weighted by Crippen LogP contribution is 2.42. The van der Waals surface area contributed by atoms with E-state index >= 15 is 0 Å². The predicted octanol–water partition coefficient (Wildman–Crippen LogP) is 6.11. The smallest absolute Gasteiger partial charge is 0.226 e. The van der Waals surface area contributed by atoms with Crippen LogP contribution in [0.2, 0.25) is 0 Å². The van der Waals surface area contributed by atoms with E-state index in [4.69, 9.17) is 12.2 Å². The molecule has 0 bridgehead atoms. The Morgan fingerprint density at radius 3 is 2.37 bits per heavy atom. The van der Waals surface area contributed by atoms with Crippen molar-refractivity contribution in [2.45, 2.75) is 46.2 Å². The first-order valence-corrected chi connectivity index (χ1v) is 13.3. The van der Waals surface area contributed by atoms with Crippen LogP contribution < -0.4 is 10.6 Å². The zero-order valence-corrected chi connectivity index (χ0v) is 23.0. The molecular formula is C31H33N5OS. The maximum Gasteiger partial charge on any atom is 0.226 e. The van der Waals surface area contributed by atoms with Crippen molar-refractivity contribution in [3.63, 3.8) is 0 Å². The van der Waals surface area contributed by atoms with E-state index in [-0.39, 0.29) is 18.0 Å². The molecule has 2 N–H and O–H groups in total. The molecule has 1 saturated heterocycles. The lowest BCUT2D eigenvalue weighted by Gasteiger charge is -2.28. The van der Waals surface area contributed by atoms with E-state index < -0.39 is 0 Å². The van der Waals surface area contributed by atoms with Gasteiger partial charge in [-0.15, -0.1) is 0 Å². The van der Waals surface area contributed by atoms with Crippen molar-refractivity contribution >= 4 is 28.9 Å². The Hall–Kier alpha value is -3.97. The van der Waals surface area contributed by atoms with Crippen LogP contribution in [0.15, 0.2) is 79.0 Å². The first kappa shape index (κ1) is 25.7. The Labute approximate surface area is 229 Å². The fourth-order valence-electron chi connectivity index (χ4n) is 5.54. The number of amides is 1. The summed E-state index contributed by atoms with van der Waals surface area (Å²) in [6, 6.07) is 23.9. The second-order valence-corrected chi connectivity index (χ2v) is 10.3. The molecule has 194 valence electrons. The lowest BCUT2D eigenvalue weighted by Crippen LogP contribution is -2.32. The maximum absolute atomic E-state index is 12.8. The van der Waals surface area contributed by atoms with E-state index in [1.807, 2.05) is 54.7 Å². The molecule has 0 unspecified atom stereocenters. The molecule has 0 radical (unpaired) electrons. The Morgan fingerprint density at radius 2 is 1.68 bits per heavy atom. The topological polar surface area (TPSA) is 62.2 Å². The molecule has 4 aromatic rings. The molecule has 3 heterocycles. The molecule has 2 aromatic heterocycles. The Kier molecular flexibility index (Phi) is 7.29. The highest BCUT2D eigenvalue weighted by Gasteiger charge is 2.41. The summed E-state index contributed by atoms with van der Waals surface area (Å²) in [6.07, 6.45) is 2.13. The molecule has 1 aliphatic rings. The van der Waals surface area contributed by atoms with Crippen LogP contribution in [-0.2, 0) is 4.79 Å². The van der Waals surface area contributed by atoms with Crippen LogP contribution in [0, 0.1) is 27.7 Å². The molecule has 0 spiro atoms. The molecule has 5 rings (SSSR count). The fraction of sp³-hybridized carbons (Fsp3) is 0.258. The number of rotatable bonds is 7. The number of nitrogens with zero attached hydrogens (tertiary/aromatic N) is 3. The minimum absolute atomic E-state index is 0.0416. The Bertz CT molecular complexity index is 1440. The summed E-state index contributed by atoms with van der Waals surface area (Å²) >= 11 is 5.84. The van der Waals surface area contributed by atoms with Crippen molar-refractivity contribution in [2.75, 3.05) is 11.9 Å².